The Hall–Kier alpha value is -3.31. The third-order valence-electron chi connectivity index (χ3n) is 6.75. The molecule has 0 radical (unpaired) electrons. The Morgan fingerprint density at radius 1 is 1.22 bits per heavy atom. The van der Waals surface area contributed by atoms with Crippen LogP contribution in [0.4, 0.5) is 15.8 Å². The van der Waals surface area contributed by atoms with Crippen LogP contribution in [-0.2, 0) is 0 Å². The van der Waals surface area contributed by atoms with Crippen LogP contribution >= 0.6 is 27.3 Å². The molecule has 2 N–H and O–H groups in total. The lowest BCUT2D eigenvalue weighted by atomic mass is 9.89. The first kappa shape index (κ1) is 23.1. The molecule has 4 aromatic rings. The number of fused-ring (bicyclic) bond motifs is 1. The van der Waals surface area contributed by atoms with Gasteiger partial charge in [0, 0.05) is 23.7 Å². The van der Waals surface area contributed by atoms with E-state index >= 15 is 0 Å². The van der Waals surface area contributed by atoms with Crippen molar-refractivity contribution in [2.75, 3.05) is 10.2 Å². The normalized spacial score (nSPS) is 21.2. The average molecular weight is 568 g/mol. The van der Waals surface area contributed by atoms with E-state index in [2.05, 4.69) is 46.8 Å². The maximum absolute atomic E-state index is 15.0. The molecule has 3 aromatic heterocycles. The summed E-state index contributed by atoms with van der Waals surface area (Å²) in [7, 11) is 0. The van der Waals surface area contributed by atoms with Gasteiger partial charge in [-0.15, -0.1) is 16.4 Å². The van der Waals surface area contributed by atoms with E-state index in [1.165, 1.54) is 17.4 Å². The summed E-state index contributed by atoms with van der Waals surface area (Å²) in [6.45, 7) is 0. The van der Waals surface area contributed by atoms with Gasteiger partial charge >= 0.3 is 0 Å². The lowest BCUT2D eigenvalue weighted by molar-refractivity contribution is 0.0929. The van der Waals surface area contributed by atoms with Gasteiger partial charge in [0.1, 0.15) is 12.0 Å². The molecule has 6 rings (SSSR count). The number of rotatable bonds is 5. The fourth-order valence-corrected chi connectivity index (χ4v) is 6.43. The van der Waals surface area contributed by atoms with E-state index in [1.54, 1.807) is 29.3 Å². The van der Waals surface area contributed by atoms with Crippen LogP contribution in [0, 0.1) is 5.82 Å². The number of anilines is 2. The Morgan fingerprint density at radius 2 is 2.11 bits per heavy atom. The van der Waals surface area contributed by atoms with Crippen LogP contribution < -0.4 is 15.5 Å². The van der Waals surface area contributed by atoms with E-state index in [9.17, 15) is 9.18 Å². The Balaban J connectivity index is 1.32. The van der Waals surface area contributed by atoms with Gasteiger partial charge in [-0.2, -0.15) is 0 Å². The van der Waals surface area contributed by atoms with Crippen molar-refractivity contribution in [3.05, 3.63) is 81.1 Å². The van der Waals surface area contributed by atoms with Crippen molar-refractivity contribution in [3.63, 3.8) is 0 Å². The molecular weight excluding hydrogens is 545 g/mol. The largest absolute Gasteiger partial charge is 0.358 e. The number of aromatic nitrogens is 4. The summed E-state index contributed by atoms with van der Waals surface area (Å²) in [5.74, 6) is 0.317. The predicted octanol–water partition coefficient (Wildman–Crippen LogP) is 5.30. The molecule has 3 unspecified atom stereocenters. The fourth-order valence-electron chi connectivity index (χ4n) is 5.14. The standard InChI is InChI=1S/C25H23BrFN7OS/c26-22-9-8-21(36-22)25(35)30-15-4-3-5-16(12-15)34-20-13-23(33-11-10-29-32-33)28-14-19(20)31-24(34)17-6-1-2-7-18(17)27/h1-2,6-11,13-16,24,31H,3-5,12H2,(H,30,35). The zero-order chi connectivity index (χ0) is 24.6. The lowest BCUT2D eigenvalue weighted by Crippen LogP contribution is -2.47. The van der Waals surface area contributed by atoms with E-state index in [0.717, 1.165) is 40.8 Å². The zero-order valence-corrected chi connectivity index (χ0v) is 21.5. The highest BCUT2D eigenvalue weighted by Crippen LogP contribution is 2.45. The van der Waals surface area contributed by atoms with Crippen LogP contribution in [0.15, 0.2) is 64.8 Å². The van der Waals surface area contributed by atoms with Crippen LogP contribution in [-0.4, -0.2) is 38.0 Å². The monoisotopic (exact) mass is 567 g/mol. The second kappa shape index (κ2) is 9.62. The maximum atomic E-state index is 15.0. The van der Waals surface area contributed by atoms with E-state index < -0.39 is 0 Å². The quantitative estimate of drug-likeness (QED) is 0.340. The fraction of sp³-hybridized carbons (Fsp3) is 0.280. The van der Waals surface area contributed by atoms with Crippen molar-refractivity contribution in [3.8, 4) is 5.82 Å². The Labute approximate surface area is 219 Å². The number of carbonyl (C=O) groups is 1. The van der Waals surface area contributed by atoms with Gasteiger partial charge in [-0.25, -0.2) is 14.1 Å². The van der Waals surface area contributed by atoms with Gasteiger partial charge in [-0.1, -0.05) is 23.4 Å². The summed E-state index contributed by atoms with van der Waals surface area (Å²) in [6, 6.07) is 12.6. The molecule has 0 bridgehead atoms. The van der Waals surface area contributed by atoms with E-state index in [4.69, 9.17) is 0 Å². The minimum absolute atomic E-state index is 0.0269. The summed E-state index contributed by atoms with van der Waals surface area (Å²) in [5, 5.41) is 14.7. The van der Waals surface area contributed by atoms with Gasteiger partial charge in [0.25, 0.3) is 5.91 Å². The van der Waals surface area contributed by atoms with Crippen molar-refractivity contribution in [2.24, 2.45) is 0 Å². The molecule has 4 heterocycles. The number of carbonyl (C=O) groups excluding carboxylic acids is 1. The molecule has 1 aliphatic carbocycles. The number of nitrogens with one attached hydrogen (secondary N) is 2. The van der Waals surface area contributed by atoms with Crippen molar-refractivity contribution in [1.82, 2.24) is 25.3 Å². The van der Waals surface area contributed by atoms with Crippen LogP contribution in [0.25, 0.3) is 5.82 Å². The Bertz CT molecular complexity index is 1390. The number of amides is 1. The van der Waals surface area contributed by atoms with Crippen LogP contribution in [0.2, 0.25) is 0 Å². The van der Waals surface area contributed by atoms with Gasteiger partial charge < -0.3 is 15.5 Å². The number of thiophene rings is 1. The first-order valence-corrected chi connectivity index (χ1v) is 13.4. The molecule has 184 valence electrons. The topological polar surface area (TPSA) is 88.0 Å². The van der Waals surface area contributed by atoms with Crippen molar-refractivity contribution < 1.29 is 9.18 Å². The SMILES string of the molecule is O=C(NC1CCCC(N2c3cc(-n4ccnn4)ncc3NC2c2ccccc2F)C1)c1ccc(Br)s1. The molecule has 0 spiro atoms. The zero-order valence-electron chi connectivity index (χ0n) is 19.1. The molecule has 1 fully saturated rings. The van der Waals surface area contributed by atoms with Gasteiger partial charge in [0.15, 0.2) is 5.82 Å². The molecule has 1 aliphatic heterocycles. The molecule has 8 nitrogen and oxygen atoms in total. The minimum atomic E-state index is -0.387. The average Bonchev–Trinajstić information content (AvgIpc) is 3.64. The molecule has 2 aliphatic rings. The summed E-state index contributed by atoms with van der Waals surface area (Å²) in [6.07, 6.45) is 8.28. The third kappa shape index (κ3) is 4.37. The minimum Gasteiger partial charge on any atom is -0.358 e. The van der Waals surface area contributed by atoms with Crippen LogP contribution in [0.1, 0.15) is 47.1 Å². The molecule has 1 amide bonds. The number of pyridine rings is 1. The van der Waals surface area contributed by atoms with Crippen molar-refractivity contribution in [1.29, 1.82) is 0 Å². The maximum Gasteiger partial charge on any atom is 0.261 e. The Kier molecular flexibility index (Phi) is 6.18. The third-order valence-corrected chi connectivity index (χ3v) is 8.37. The van der Waals surface area contributed by atoms with E-state index in [0.29, 0.717) is 16.3 Å². The first-order valence-electron chi connectivity index (χ1n) is 11.8. The molecule has 3 atom stereocenters. The molecule has 1 aromatic carbocycles. The second-order valence-electron chi connectivity index (χ2n) is 8.98. The number of nitrogens with zero attached hydrogens (tertiary/aromatic N) is 5. The molecule has 11 heteroatoms. The number of hydrogen-bond acceptors (Lipinski definition) is 7. The molecular formula is C25H23BrFN7OS. The highest BCUT2D eigenvalue weighted by Gasteiger charge is 2.39. The van der Waals surface area contributed by atoms with Crippen LogP contribution in [0.5, 0.6) is 0 Å². The lowest BCUT2D eigenvalue weighted by Gasteiger charge is -2.40. The van der Waals surface area contributed by atoms with E-state index in [1.807, 2.05) is 30.3 Å². The van der Waals surface area contributed by atoms with Gasteiger partial charge in [0.2, 0.25) is 0 Å². The summed E-state index contributed by atoms with van der Waals surface area (Å²) < 4.78 is 17.5. The molecule has 0 saturated heterocycles. The summed E-state index contributed by atoms with van der Waals surface area (Å²) in [5.41, 5.74) is 2.34. The first-order chi connectivity index (χ1) is 17.6. The van der Waals surface area contributed by atoms with Crippen molar-refractivity contribution in [2.45, 2.75) is 43.9 Å². The Morgan fingerprint density at radius 3 is 2.89 bits per heavy atom. The van der Waals surface area contributed by atoms with Gasteiger partial charge in [-0.05, 0) is 59.8 Å². The molecule has 36 heavy (non-hydrogen) atoms. The van der Waals surface area contributed by atoms with Crippen molar-refractivity contribution >= 4 is 44.5 Å². The number of benzene rings is 1. The smallest absolute Gasteiger partial charge is 0.261 e. The highest BCUT2D eigenvalue weighted by atomic mass is 79.9. The van der Waals surface area contributed by atoms with Gasteiger partial charge in [0.05, 0.1) is 38.6 Å². The summed E-state index contributed by atoms with van der Waals surface area (Å²) >= 11 is 4.85. The summed E-state index contributed by atoms with van der Waals surface area (Å²) in [4.78, 5) is 20.3. The van der Waals surface area contributed by atoms with E-state index in [-0.39, 0.29) is 30.0 Å². The van der Waals surface area contributed by atoms with Crippen LogP contribution in [0.3, 0.4) is 0 Å². The molecule has 1 saturated carbocycles. The second-order valence-corrected chi connectivity index (χ2v) is 11.4. The highest BCUT2D eigenvalue weighted by molar-refractivity contribution is 9.11. The number of hydrogen-bond donors (Lipinski definition) is 2. The number of halogens is 2. The van der Waals surface area contributed by atoms with Gasteiger partial charge in [-0.3, -0.25) is 4.79 Å². The predicted molar refractivity (Wildman–Crippen MR) is 140 cm³/mol.